The summed E-state index contributed by atoms with van der Waals surface area (Å²) in [7, 11) is 0. The zero-order chi connectivity index (χ0) is 25.3. The highest BCUT2D eigenvalue weighted by molar-refractivity contribution is 7.17. The van der Waals surface area contributed by atoms with Crippen molar-refractivity contribution in [3.63, 3.8) is 0 Å². The second-order valence-electron chi connectivity index (χ2n) is 10.2. The fraction of sp³-hybridized carbons (Fsp3) is 0.407. The summed E-state index contributed by atoms with van der Waals surface area (Å²) in [6.07, 6.45) is -0.228. The minimum Gasteiger partial charge on any atom is -0.490 e. The normalized spacial score (nSPS) is 15.9. The van der Waals surface area contributed by atoms with Gasteiger partial charge in [-0.25, -0.2) is 4.79 Å². The molecule has 1 aromatic heterocycles. The highest BCUT2D eigenvalue weighted by Crippen LogP contribution is 2.41. The molecule has 0 spiro atoms. The summed E-state index contributed by atoms with van der Waals surface area (Å²) in [4.78, 5) is 13.3. The Labute approximate surface area is 210 Å². The van der Waals surface area contributed by atoms with E-state index < -0.39 is 6.09 Å². The second-order valence-corrected chi connectivity index (χ2v) is 11.2. The lowest BCUT2D eigenvalue weighted by molar-refractivity contribution is 0.135. The Morgan fingerprint density at radius 3 is 2.43 bits per heavy atom. The molecule has 182 valence electrons. The van der Waals surface area contributed by atoms with Gasteiger partial charge in [-0.3, -0.25) is 0 Å². The Morgan fingerprint density at radius 2 is 1.83 bits per heavy atom. The largest absolute Gasteiger partial charge is 0.490 e. The van der Waals surface area contributed by atoms with Crippen LogP contribution in [-0.4, -0.2) is 45.5 Å². The number of hydrogen-bond donors (Lipinski definition) is 1. The van der Waals surface area contributed by atoms with Crippen molar-refractivity contribution >= 4 is 17.4 Å². The average Bonchev–Trinajstić information content (AvgIpc) is 3.19. The van der Waals surface area contributed by atoms with Crippen molar-refractivity contribution in [2.45, 2.75) is 53.1 Å². The number of benzene rings is 2. The van der Waals surface area contributed by atoms with Gasteiger partial charge in [-0.15, -0.1) is 10.2 Å². The molecule has 2 heterocycles. The van der Waals surface area contributed by atoms with Gasteiger partial charge in [0.2, 0.25) is 0 Å². The van der Waals surface area contributed by atoms with Crippen molar-refractivity contribution in [2.75, 3.05) is 13.1 Å². The van der Waals surface area contributed by atoms with Crippen molar-refractivity contribution in [2.24, 2.45) is 5.41 Å². The first-order chi connectivity index (χ1) is 16.6. The van der Waals surface area contributed by atoms with Crippen LogP contribution in [0.2, 0.25) is 0 Å². The molecule has 0 saturated carbocycles. The van der Waals surface area contributed by atoms with Crippen LogP contribution in [-0.2, 0) is 6.42 Å². The molecular formula is C27H30N4O3S. The topological polar surface area (TPSA) is 99.3 Å². The number of aromatic nitrogens is 2. The van der Waals surface area contributed by atoms with Gasteiger partial charge in [0.25, 0.3) is 0 Å². The van der Waals surface area contributed by atoms with Crippen molar-refractivity contribution in [1.82, 2.24) is 15.1 Å². The van der Waals surface area contributed by atoms with Crippen LogP contribution in [0.4, 0.5) is 4.79 Å². The number of fused-ring (bicyclic) bond motifs is 1. The highest BCUT2D eigenvalue weighted by atomic mass is 32.1. The van der Waals surface area contributed by atoms with E-state index in [1.807, 2.05) is 19.9 Å². The SMILES string of the molecule is CC(C)Oc1ccc(-c2nnc(-c3ccc4c(c3)CCN(C(=O)O)CC4C(C)(C)C)s2)cc1C#N. The Kier molecular flexibility index (Phi) is 6.82. The zero-order valence-electron chi connectivity index (χ0n) is 20.7. The Morgan fingerprint density at radius 1 is 1.17 bits per heavy atom. The van der Waals surface area contributed by atoms with E-state index in [4.69, 9.17) is 4.74 Å². The lowest BCUT2D eigenvalue weighted by Crippen LogP contribution is -2.36. The maximum atomic E-state index is 11.8. The molecule has 7 nitrogen and oxygen atoms in total. The molecule has 2 aromatic carbocycles. The maximum Gasteiger partial charge on any atom is 0.407 e. The fourth-order valence-electron chi connectivity index (χ4n) is 4.44. The number of amides is 1. The number of carboxylic acid groups (broad SMARTS) is 1. The summed E-state index contributed by atoms with van der Waals surface area (Å²) in [5.41, 5.74) is 4.53. The first-order valence-corrected chi connectivity index (χ1v) is 12.5. The lowest BCUT2D eigenvalue weighted by Gasteiger charge is -2.33. The van der Waals surface area contributed by atoms with Crippen molar-refractivity contribution < 1.29 is 14.6 Å². The second kappa shape index (κ2) is 9.67. The Bertz CT molecular complexity index is 1290. The molecule has 4 rings (SSSR count). The molecule has 0 fully saturated rings. The molecule has 1 N–H and O–H groups in total. The maximum absolute atomic E-state index is 11.8. The number of carbonyl (C=O) groups is 1. The monoisotopic (exact) mass is 490 g/mol. The molecule has 0 bridgehead atoms. The summed E-state index contributed by atoms with van der Waals surface area (Å²) < 4.78 is 5.72. The molecule has 1 amide bonds. The third-order valence-corrected chi connectivity index (χ3v) is 7.29. The van der Waals surface area contributed by atoms with E-state index in [-0.39, 0.29) is 17.4 Å². The first kappa shape index (κ1) is 24.7. The van der Waals surface area contributed by atoms with Gasteiger partial charge in [0, 0.05) is 30.1 Å². The smallest absolute Gasteiger partial charge is 0.407 e. The highest BCUT2D eigenvalue weighted by Gasteiger charge is 2.33. The van der Waals surface area contributed by atoms with E-state index in [9.17, 15) is 15.2 Å². The minimum atomic E-state index is -0.873. The van der Waals surface area contributed by atoms with Crippen LogP contribution in [0.3, 0.4) is 0 Å². The van der Waals surface area contributed by atoms with Gasteiger partial charge < -0.3 is 14.7 Å². The van der Waals surface area contributed by atoms with Crippen LogP contribution in [0.25, 0.3) is 21.1 Å². The van der Waals surface area contributed by atoms with Gasteiger partial charge in [0.05, 0.1) is 11.7 Å². The van der Waals surface area contributed by atoms with Crippen LogP contribution < -0.4 is 4.74 Å². The fourth-order valence-corrected chi connectivity index (χ4v) is 5.27. The van der Waals surface area contributed by atoms with E-state index in [0.717, 1.165) is 26.7 Å². The Balaban J connectivity index is 1.66. The minimum absolute atomic E-state index is 0.0188. The molecule has 1 atom stereocenters. The number of hydrogen-bond acceptors (Lipinski definition) is 6. The molecule has 3 aromatic rings. The summed E-state index contributed by atoms with van der Waals surface area (Å²) >= 11 is 1.47. The van der Waals surface area contributed by atoms with Gasteiger partial charge >= 0.3 is 6.09 Å². The van der Waals surface area contributed by atoms with Crippen LogP contribution in [0.5, 0.6) is 5.75 Å². The van der Waals surface area contributed by atoms with E-state index >= 15 is 0 Å². The number of ether oxygens (including phenoxy) is 1. The van der Waals surface area contributed by atoms with Gasteiger partial charge in [0.15, 0.2) is 0 Å². The van der Waals surface area contributed by atoms with E-state index in [1.54, 1.807) is 12.1 Å². The number of rotatable bonds is 4. The lowest BCUT2D eigenvalue weighted by atomic mass is 9.75. The summed E-state index contributed by atoms with van der Waals surface area (Å²) in [6, 6.07) is 14.0. The summed E-state index contributed by atoms with van der Waals surface area (Å²) in [6.45, 7) is 11.3. The van der Waals surface area contributed by atoms with Gasteiger partial charge in [-0.05, 0) is 61.1 Å². The van der Waals surface area contributed by atoms with Crippen LogP contribution in [0.15, 0.2) is 36.4 Å². The standard InChI is InChI=1S/C27H30N4O3S/c1-16(2)34-23-9-7-19(13-20(23)14-28)25-30-29-24(35-25)18-6-8-21-17(12-18)10-11-31(26(32)33)15-22(21)27(3,4)5/h6-9,12-13,16,22H,10-11,15H2,1-5H3,(H,32,33). The number of nitrogens with zero attached hydrogens (tertiary/aromatic N) is 4. The molecular weight excluding hydrogens is 460 g/mol. The molecule has 8 heteroatoms. The Hall–Kier alpha value is -3.44. The van der Waals surface area contributed by atoms with Crippen LogP contribution in [0.1, 0.15) is 57.2 Å². The summed E-state index contributed by atoms with van der Waals surface area (Å²) in [5.74, 6) is 0.664. The van der Waals surface area contributed by atoms with E-state index in [2.05, 4.69) is 55.2 Å². The van der Waals surface area contributed by atoms with Crippen molar-refractivity contribution in [1.29, 1.82) is 5.26 Å². The van der Waals surface area contributed by atoms with Crippen molar-refractivity contribution in [3.8, 4) is 33.0 Å². The predicted octanol–water partition coefficient (Wildman–Crippen LogP) is 6.20. The quantitative estimate of drug-likeness (QED) is 0.468. The molecule has 1 aliphatic rings. The van der Waals surface area contributed by atoms with Crippen molar-refractivity contribution in [3.05, 3.63) is 53.1 Å². The predicted molar refractivity (Wildman–Crippen MR) is 137 cm³/mol. The molecule has 0 saturated heterocycles. The average molecular weight is 491 g/mol. The molecule has 0 radical (unpaired) electrons. The molecule has 1 unspecified atom stereocenters. The van der Waals surface area contributed by atoms with Gasteiger partial charge in [-0.1, -0.05) is 44.2 Å². The third-order valence-electron chi connectivity index (χ3n) is 6.27. The first-order valence-electron chi connectivity index (χ1n) is 11.7. The molecule has 0 aliphatic carbocycles. The van der Waals surface area contributed by atoms with E-state index in [1.165, 1.54) is 21.8 Å². The molecule has 1 aliphatic heterocycles. The summed E-state index contributed by atoms with van der Waals surface area (Å²) in [5, 5.41) is 29.5. The third kappa shape index (κ3) is 5.30. The number of nitriles is 1. The van der Waals surface area contributed by atoms with Crippen LogP contribution >= 0.6 is 11.3 Å². The molecule has 35 heavy (non-hydrogen) atoms. The van der Waals surface area contributed by atoms with E-state index in [0.29, 0.717) is 30.8 Å². The zero-order valence-corrected chi connectivity index (χ0v) is 21.5. The van der Waals surface area contributed by atoms with Gasteiger partial charge in [0.1, 0.15) is 21.8 Å². The van der Waals surface area contributed by atoms with Crippen LogP contribution in [0, 0.1) is 16.7 Å². The van der Waals surface area contributed by atoms with Gasteiger partial charge in [-0.2, -0.15) is 5.26 Å².